The van der Waals surface area contributed by atoms with Crippen LogP contribution < -0.4 is 16.0 Å². The number of ether oxygens (including phenoxy) is 1. The van der Waals surface area contributed by atoms with Gasteiger partial charge in [-0.05, 0) is 40.5 Å². The fourth-order valence-electron chi connectivity index (χ4n) is 1.71. The molecule has 5 nitrogen and oxygen atoms in total. The van der Waals surface area contributed by atoms with E-state index in [1.807, 2.05) is 19.1 Å². The number of hydrazine groups is 1. The van der Waals surface area contributed by atoms with Crippen molar-refractivity contribution < 1.29 is 9.15 Å². The van der Waals surface area contributed by atoms with Crippen molar-refractivity contribution in [1.29, 1.82) is 0 Å². The Hall–Kier alpha value is -1.37. The van der Waals surface area contributed by atoms with Crippen molar-refractivity contribution >= 4 is 15.9 Å². The second-order valence-electron chi connectivity index (χ2n) is 3.64. The maximum absolute atomic E-state index is 5.61. The number of pyridine rings is 1. The zero-order chi connectivity index (χ0) is 13.0. The van der Waals surface area contributed by atoms with E-state index in [-0.39, 0.29) is 6.04 Å². The van der Waals surface area contributed by atoms with Crippen molar-refractivity contribution in [3.8, 4) is 5.75 Å². The number of furan rings is 1. The largest absolute Gasteiger partial charge is 0.492 e. The van der Waals surface area contributed by atoms with Crippen LogP contribution in [0.5, 0.6) is 5.75 Å². The monoisotopic (exact) mass is 311 g/mol. The molecular weight excluding hydrogens is 298 g/mol. The summed E-state index contributed by atoms with van der Waals surface area (Å²) in [5.74, 6) is 6.33. The minimum atomic E-state index is -0.203. The molecule has 0 radical (unpaired) electrons. The summed E-state index contributed by atoms with van der Waals surface area (Å²) < 4.78 is 11.3. The van der Waals surface area contributed by atoms with Crippen molar-refractivity contribution in [2.24, 2.45) is 5.84 Å². The normalized spacial score (nSPS) is 12.4. The fraction of sp³-hybridized carbons (Fsp3) is 0.250. The molecule has 2 aromatic heterocycles. The summed E-state index contributed by atoms with van der Waals surface area (Å²) in [5.41, 5.74) is 4.56. The van der Waals surface area contributed by atoms with E-state index in [9.17, 15) is 0 Å². The van der Waals surface area contributed by atoms with Gasteiger partial charge in [0.1, 0.15) is 5.75 Å². The predicted molar refractivity (Wildman–Crippen MR) is 71.0 cm³/mol. The first kappa shape index (κ1) is 13.1. The molecule has 1 atom stereocenters. The Morgan fingerprint density at radius 3 is 3.00 bits per heavy atom. The Morgan fingerprint density at radius 1 is 1.56 bits per heavy atom. The van der Waals surface area contributed by atoms with Gasteiger partial charge in [0.2, 0.25) is 0 Å². The Bertz CT molecular complexity index is 516. The highest BCUT2D eigenvalue weighted by atomic mass is 79.9. The Morgan fingerprint density at radius 2 is 2.39 bits per heavy atom. The van der Waals surface area contributed by atoms with Gasteiger partial charge in [0.25, 0.3) is 0 Å². The van der Waals surface area contributed by atoms with E-state index < -0.39 is 0 Å². The predicted octanol–water partition coefficient (Wildman–Crippen LogP) is 2.39. The second-order valence-corrected chi connectivity index (χ2v) is 4.36. The van der Waals surface area contributed by atoms with E-state index in [4.69, 9.17) is 15.0 Å². The van der Waals surface area contributed by atoms with Crippen LogP contribution >= 0.6 is 15.9 Å². The molecule has 0 spiro atoms. The lowest BCUT2D eigenvalue weighted by molar-refractivity contribution is 0.338. The van der Waals surface area contributed by atoms with E-state index >= 15 is 0 Å². The van der Waals surface area contributed by atoms with Crippen LogP contribution in [0, 0.1) is 0 Å². The molecule has 0 fully saturated rings. The molecule has 2 rings (SSSR count). The maximum Gasteiger partial charge on any atom is 0.174 e. The minimum absolute atomic E-state index is 0.203. The first-order chi connectivity index (χ1) is 8.76. The molecule has 2 aromatic rings. The smallest absolute Gasteiger partial charge is 0.174 e. The van der Waals surface area contributed by atoms with Crippen LogP contribution in [0.25, 0.3) is 0 Å². The van der Waals surface area contributed by atoms with E-state index in [1.165, 1.54) is 0 Å². The lowest BCUT2D eigenvalue weighted by Gasteiger charge is -2.15. The van der Waals surface area contributed by atoms with Crippen LogP contribution in [-0.2, 0) is 0 Å². The van der Waals surface area contributed by atoms with Gasteiger partial charge in [0.05, 0.1) is 25.1 Å². The number of hydrogen-bond donors (Lipinski definition) is 2. The molecule has 96 valence electrons. The molecule has 18 heavy (non-hydrogen) atoms. The lowest BCUT2D eigenvalue weighted by atomic mass is 10.0. The molecule has 0 aliphatic carbocycles. The quantitative estimate of drug-likeness (QED) is 0.655. The standard InChI is InChI=1S/C12H14BrN3O2/c1-2-17-9-5-8(6-15-7-9)11(16-14)10-3-4-18-12(10)13/h3-7,11,16H,2,14H2,1H3. The average molecular weight is 312 g/mol. The van der Waals surface area contributed by atoms with Gasteiger partial charge in [-0.25, -0.2) is 5.43 Å². The number of halogens is 1. The number of hydrogen-bond acceptors (Lipinski definition) is 5. The zero-order valence-corrected chi connectivity index (χ0v) is 11.5. The van der Waals surface area contributed by atoms with Gasteiger partial charge < -0.3 is 9.15 Å². The zero-order valence-electron chi connectivity index (χ0n) is 9.89. The van der Waals surface area contributed by atoms with Crippen molar-refractivity contribution in [3.63, 3.8) is 0 Å². The lowest BCUT2D eigenvalue weighted by Crippen LogP contribution is -2.28. The van der Waals surface area contributed by atoms with Gasteiger partial charge >= 0.3 is 0 Å². The summed E-state index contributed by atoms with van der Waals surface area (Å²) in [4.78, 5) is 4.15. The minimum Gasteiger partial charge on any atom is -0.492 e. The van der Waals surface area contributed by atoms with Crippen LogP contribution in [0.15, 0.2) is 39.9 Å². The SMILES string of the molecule is CCOc1cncc(C(NN)c2ccoc2Br)c1. The molecular formula is C12H14BrN3O2. The van der Waals surface area contributed by atoms with Gasteiger partial charge in [-0.15, -0.1) is 0 Å². The van der Waals surface area contributed by atoms with Crippen LogP contribution in [-0.4, -0.2) is 11.6 Å². The van der Waals surface area contributed by atoms with Crippen molar-refractivity contribution in [2.45, 2.75) is 13.0 Å². The highest BCUT2D eigenvalue weighted by molar-refractivity contribution is 9.10. The number of nitrogens with zero attached hydrogens (tertiary/aromatic N) is 1. The summed E-state index contributed by atoms with van der Waals surface area (Å²) in [6.07, 6.45) is 5.01. The molecule has 0 aliphatic heterocycles. The highest BCUT2D eigenvalue weighted by Crippen LogP contribution is 2.29. The van der Waals surface area contributed by atoms with Crippen LogP contribution in [0.2, 0.25) is 0 Å². The number of aromatic nitrogens is 1. The molecule has 0 aliphatic rings. The summed E-state index contributed by atoms with van der Waals surface area (Å²) in [7, 11) is 0. The van der Waals surface area contributed by atoms with Gasteiger partial charge in [-0.3, -0.25) is 10.8 Å². The molecule has 1 unspecified atom stereocenters. The number of nitrogens with one attached hydrogen (secondary N) is 1. The van der Waals surface area contributed by atoms with Crippen molar-refractivity contribution in [3.05, 3.63) is 46.6 Å². The van der Waals surface area contributed by atoms with E-state index in [1.54, 1.807) is 18.7 Å². The third-order valence-electron chi connectivity index (χ3n) is 2.50. The Balaban J connectivity index is 2.33. The summed E-state index contributed by atoms with van der Waals surface area (Å²) in [5, 5.41) is 0. The van der Waals surface area contributed by atoms with Crippen molar-refractivity contribution in [2.75, 3.05) is 6.61 Å². The van der Waals surface area contributed by atoms with Gasteiger partial charge in [-0.2, -0.15) is 0 Å². The second kappa shape index (κ2) is 5.99. The fourth-order valence-corrected chi connectivity index (χ4v) is 2.18. The van der Waals surface area contributed by atoms with E-state index in [0.717, 1.165) is 16.9 Å². The van der Waals surface area contributed by atoms with E-state index in [0.29, 0.717) is 11.3 Å². The maximum atomic E-state index is 5.61. The molecule has 0 amide bonds. The number of nitrogens with two attached hydrogens (primary N) is 1. The molecule has 0 saturated carbocycles. The molecule has 6 heteroatoms. The molecule has 0 aromatic carbocycles. The average Bonchev–Trinajstić information content (AvgIpc) is 2.78. The summed E-state index contributed by atoms with van der Waals surface area (Å²) in [6.45, 7) is 2.53. The third-order valence-corrected chi connectivity index (χ3v) is 3.15. The molecule has 0 saturated heterocycles. The Labute approximate surface area is 113 Å². The van der Waals surface area contributed by atoms with Crippen molar-refractivity contribution in [1.82, 2.24) is 10.4 Å². The van der Waals surface area contributed by atoms with Gasteiger partial charge in [-0.1, -0.05) is 0 Å². The highest BCUT2D eigenvalue weighted by Gasteiger charge is 2.18. The van der Waals surface area contributed by atoms with Gasteiger partial charge in [0, 0.05) is 11.8 Å². The third kappa shape index (κ3) is 2.72. The van der Waals surface area contributed by atoms with E-state index in [2.05, 4.69) is 26.3 Å². The van der Waals surface area contributed by atoms with Crippen LogP contribution in [0.4, 0.5) is 0 Å². The summed E-state index contributed by atoms with van der Waals surface area (Å²) in [6, 6.07) is 3.55. The first-order valence-electron chi connectivity index (χ1n) is 5.53. The Kier molecular flexibility index (Phi) is 4.35. The molecule has 3 N–H and O–H groups in total. The topological polar surface area (TPSA) is 73.3 Å². The molecule has 2 heterocycles. The van der Waals surface area contributed by atoms with Crippen LogP contribution in [0.1, 0.15) is 24.1 Å². The van der Waals surface area contributed by atoms with Gasteiger partial charge in [0.15, 0.2) is 4.67 Å². The first-order valence-corrected chi connectivity index (χ1v) is 6.32. The molecule has 0 bridgehead atoms. The number of rotatable bonds is 5. The van der Waals surface area contributed by atoms with Crippen LogP contribution in [0.3, 0.4) is 0 Å². The summed E-state index contributed by atoms with van der Waals surface area (Å²) >= 11 is 3.34.